The van der Waals surface area contributed by atoms with Gasteiger partial charge < -0.3 is 19.5 Å². The van der Waals surface area contributed by atoms with Gasteiger partial charge in [-0.2, -0.15) is 0 Å². The Balaban J connectivity index is 1.55. The number of amides is 2. The van der Waals surface area contributed by atoms with Gasteiger partial charge in [0.1, 0.15) is 0 Å². The fourth-order valence-electron chi connectivity index (χ4n) is 4.14. The third kappa shape index (κ3) is 4.33. The second kappa shape index (κ2) is 9.08. The minimum absolute atomic E-state index is 0.0366. The van der Waals surface area contributed by atoms with E-state index < -0.39 is 0 Å². The number of carbonyl (C=O) groups excluding carboxylic acids is 2. The van der Waals surface area contributed by atoms with Crippen LogP contribution in [0.2, 0.25) is 0 Å². The molecule has 6 heteroatoms. The van der Waals surface area contributed by atoms with E-state index in [0.717, 1.165) is 28.9 Å². The number of aromatic nitrogens is 1. The number of rotatable bonds is 5. The van der Waals surface area contributed by atoms with Gasteiger partial charge >= 0.3 is 12.0 Å². The Labute approximate surface area is 182 Å². The fourth-order valence-corrected chi connectivity index (χ4v) is 4.14. The normalized spacial score (nSPS) is 14.9. The third-order valence-electron chi connectivity index (χ3n) is 5.60. The number of hydrogen-bond donors (Lipinski definition) is 1. The molecular weight excluding hydrogens is 390 g/mol. The van der Waals surface area contributed by atoms with Crippen molar-refractivity contribution in [2.45, 2.75) is 39.3 Å². The topological polar surface area (TPSA) is 63.6 Å². The van der Waals surface area contributed by atoms with Crippen molar-refractivity contribution < 1.29 is 14.3 Å². The number of anilines is 1. The summed E-state index contributed by atoms with van der Waals surface area (Å²) in [4.78, 5) is 26.9. The Morgan fingerprint density at radius 3 is 2.55 bits per heavy atom. The van der Waals surface area contributed by atoms with Crippen LogP contribution in [-0.2, 0) is 22.5 Å². The number of hydrogen-bond acceptors (Lipinski definition) is 3. The van der Waals surface area contributed by atoms with E-state index in [1.54, 1.807) is 6.92 Å². The van der Waals surface area contributed by atoms with Crippen LogP contribution in [0, 0.1) is 0 Å². The van der Waals surface area contributed by atoms with Crippen LogP contribution in [0.15, 0.2) is 66.9 Å². The van der Waals surface area contributed by atoms with Crippen molar-refractivity contribution in [3.8, 4) is 5.69 Å². The van der Waals surface area contributed by atoms with Crippen LogP contribution in [0.5, 0.6) is 0 Å². The molecule has 0 spiro atoms. The number of carbonyl (C=O) groups is 2. The van der Waals surface area contributed by atoms with Crippen LogP contribution in [0.25, 0.3) is 5.69 Å². The zero-order chi connectivity index (χ0) is 21.8. The van der Waals surface area contributed by atoms with Crippen molar-refractivity contribution in [1.29, 1.82) is 0 Å². The van der Waals surface area contributed by atoms with Crippen molar-refractivity contribution in [2.24, 2.45) is 0 Å². The molecule has 1 atom stereocenters. The maximum Gasteiger partial charge on any atom is 0.322 e. The first-order valence-corrected chi connectivity index (χ1v) is 10.7. The second-order valence-corrected chi connectivity index (χ2v) is 7.59. The lowest BCUT2D eigenvalue weighted by atomic mass is 10.1. The van der Waals surface area contributed by atoms with Crippen LogP contribution in [0.4, 0.5) is 10.5 Å². The Kier molecular flexibility index (Phi) is 6.07. The van der Waals surface area contributed by atoms with Crippen LogP contribution in [0.1, 0.15) is 43.1 Å². The predicted molar refractivity (Wildman–Crippen MR) is 120 cm³/mol. The first-order chi connectivity index (χ1) is 15.1. The molecule has 2 amide bonds. The standard InChI is InChI=1S/C25H27N3O3/c1-3-21-23-10-7-15-27(23)22-9-6-5-8-19(22)17-28(21)25(30)26-20-13-11-18(12-14-20)16-24(29)31-4-2/h5-15,21H,3-4,16-17H2,1-2H3,(H,26,30)/t21-/m0/s1. The van der Waals surface area contributed by atoms with E-state index in [1.165, 1.54) is 0 Å². The summed E-state index contributed by atoms with van der Waals surface area (Å²) in [6.45, 7) is 4.79. The van der Waals surface area contributed by atoms with E-state index in [9.17, 15) is 9.59 Å². The lowest BCUT2D eigenvalue weighted by Crippen LogP contribution is -2.37. The molecule has 0 aliphatic carbocycles. The van der Waals surface area contributed by atoms with Crippen LogP contribution in [0.3, 0.4) is 0 Å². The second-order valence-electron chi connectivity index (χ2n) is 7.59. The molecule has 0 saturated carbocycles. The Hall–Kier alpha value is -3.54. The molecule has 1 aliphatic rings. The summed E-state index contributed by atoms with van der Waals surface area (Å²) in [6, 6.07) is 19.4. The third-order valence-corrected chi connectivity index (χ3v) is 5.60. The predicted octanol–water partition coefficient (Wildman–Crippen LogP) is 5.08. The smallest absolute Gasteiger partial charge is 0.322 e. The summed E-state index contributed by atoms with van der Waals surface area (Å²) in [5.41, 5.74) is 4.87. The maximum atomic E-state index is 13.3. The van der Waals surface area contributed by atoms with Gasteiger partial charge in [-0.25, -0.2) is 4.79 Å². The summed E-state index contributed by atoms with van der Waals surface area (Å²) in [6.07, 6.45) is 3.09. The highest BCUT2D eigenvalue weighted by Crippen LogP contribution is 2.34. The number of nitrogens with zero attached hydrogens (tertiary/aromatic N) is 2. The summed E-state index contributed by atoms with van der Waals surface area (Å²) >= 11 is 0. The SMILES string of the molecule is CCOC(=O)Cc1ccc(NC(=O)N2Cc3ccccc3-n3cccc3[C@@H]2CC)cc1. The highest BCUT2D eigenvalue weighted by molar-refractivity contribution is 5.90. The van der Waals surface area contributed by atoms with E-state index in [-0.39, 0.29) is 24.5 Å². The van der Waals surface area contributed by atoms with Crippen molar-refractivity contribution >= 4 is 17.7 Å². The average molecular weight is 418 g/mol. The first kappa shape index (κ1) is 20.7. The van der Waals surface area contributed by atoms with E-state index in [4.69, 9.17) is 4.74 Å². The monoisotopic (exact) mass is 417 g/mol. The lowest BCUT2D eigenvalue weighted by Gasteiger charge is -2.29. The summed E-state index contributed by atoms with van der Waals surface area (Å²) in [5.74, 6) is -0.253. The molecule has 0 radical (unpaired) electrons. The summed E-state index contributed by atoms with van der Waals surface area (Å²) < 4.78 is 7.17. The molecule has 0 unspecified atom stereocenters. The zero-order valence-electron chi connectivity index (χ0n) is 17.9. The number of benzene rings is 2. The van der Waals surface area contributed by atoms with Crippen molar-refractivity contribution in [1.82, 2.24) is 9.47 Å². The quantitative estimate of drug-likeness (QED) is 0.589. The minimum Gasteiger partial charge on any atom is -0.466 e. The van der Waals surface area contributed by atoms with E-state index in [2.05, 4.69) is 41.2 Å². The average Bonchev–Trinajstić information content (AvgIpc) is 3.20. The maximum absolute atomic E-state index is 13.3. The van der Waals surface area contributed by atoms with E-state index >= 15 is 0 Å². The van der Waals surface area contributed by atoms with Gasteiger partial charge in [0.15, 0.2) is 0 Å². The molecular formula is C25H27N3O3. The van der Waals surface area contributed by atoms with Gasteiger partial charge in [0.2, 0.25) is 0 Å². The van der Waals surface area contributed by atoms with Crippen molar-refractivity contribution in [3.63, 3.8) is 0 Å². The van der Waals surface area contributed by atoms with Crippen LogP contribution >= 0.6 is 0 Å². The number of urea groups is 1. The van der Waals surface area contributed by atoms with Gasteiger partial charge in [-0.3, -0.25) is 4.79 Å². The van der Waals surface area contributed by atoms with Crippen LogP contribution in [-0.4, -0.2) is 28.1 Å². The van der Waals surface area contributed by atoms with Crippen LogP contribution < -0.4 is 5.32 Å². The molecule has 2 aromatic carbocycles. The largest absolute Gasteiger partial charge is 0.466 e. The molecule has 6 nitrogen and oxygen atoms in total. The number of ether oxygens (including phenoxy) is 1. The fraction of sp³-hybridized carbons (Fsp3) is 0.280. The number of fused-ring (bicyclic) bond motifs is 3. The van der Waals surface area contributed by atoms with E-state index in [1.807, 2.05) is 47.4 Å². The van der Waals surface area contributed by atoms with Gasteiger partial charge in [0, 0.05) is 17.6 Å². The van der Waals surface area contributed by atoms with Gasteiger partial charge in [0.25, 0.3) is 0 Å². The lowest BCUT2D eigenvalue weighted by molar-refractivity contribution is -0.142. The van der Waals surface area contributed by atoms with Gasteiger partial charge in [0.05, 0.1) is 31.3 Å². The Morgan fingerprint density at radius 1 is 1.03 bits per heavy atom. The first-order valence-electron chi connectivity index (χ1n) is 10.7. The number of nitrogens with one attached hydrogen (secondary N) is 1. The van der Waals surface area contributed by atoms with Gasteiger partial charge in [-0.15, -0.1) is 0 Å². The van der Waals surface area contributed by atoms with Gasteiger partial charge in [-0.05, 0) is 54.8 Å². The molecule has 3 aromatic rings. The highest BCUT2D eigenvalue weighted by Gasteiger charge is 2.30. The Morgan fingerprint density at radius 2 is 1.81 bits per heavy atom. The van der Waals surface area contributed by atoms with Crippen molar-refractivity contribution in [3.05, 3.63) is 83.7 Å². The zero-order valence-corrected chi connectivity index (χ0v) is 17.9. The molecule has 1 aliphatic heterocycles. The number of esters is 1. The minimum atomic E-state index is -0.253. The highest BCUT2D eigenvalue weighted by atomic mass is 16.5. The van der Waals surface area contributed by atoms with Gasteiger partial charge in [-0.1, -0.05) is 37.3 Å². The summed E-state index contributed by atoms with van der Waals surface area (Å²) in [7, 11) is 0. The van der Waals surface area contributed by atoms with Crippen molar-refractivity contribution in [2.75, 3.05) is 11.9 Å². The molecule has 0 fully saturated rings. The molecule has 31 heavy (non-hydrogen) atoms. The molecule has 0 saturated heterocycles. The van der Waals surface area contributed by atoms with E-state index in [0.29, 0.717) is 18.8 Å². The number of para-hydroxylation sites is 1. The molecule has 1 aromatic heterocycles. The molecule has 0 bridgehead atoms. The summed E-state index contributed by atoms with van der Waals surface area (Å²) in [5, 5.41) is 3.02. The molecule has 1 N–H and O–H groups in total. The Bertz CT molecular complexity index is 1070. The molecule has 2 heterocycles. The molecule has 4 rings (SSSR count). The molecule has 160 valence electrons.